The van der Waals surface area contributed by atoms with Crippen LogP contribution in [0.25, 0.3) is 0 Å². The molecule has 1 aliphatic heterocycles. The Bertz CT molecular complexity index is 521. The number of carbonyl (C=O) groups excluding carboxylic acids is 2. The fourth-order valence-electron chi connectivity index (χ4n) is 2.63. The van der Waals surface area contributed by atoms with Gasteiger partial charge in [-0.2, -0.15) is 0 Å². The molecular formula is C17H23NO3S. The minimum atomic E-state index is -0.158. The fraction of sp³-hybridized carbons (Fsp3) is 0.529. The maximum absolute atomic E-state index is 12.5. The number of thioether (sulfide) groups is 1. The molecule has 0 aliphatic carbocycles. The Labute approximate surface area is 136 Å². The largest absolute Gasteiger partial charge is 0.469 e. The highest BCUT2D eigenvalue weighted by Gasteiger charge is 2.29. The Balaban J connectivity index is 1.86. The van der Waals surface area contributed by atoms with E-state index in [0.29, 0.717) is 25.9 Å². The highest BCUT2D eigenvalue weighted by Crippen LogP contribution is 2.26. The number of hydrogen-bond donors (Lipinski definition) is 0. The van der Waals surface area contributed by atoms with Crippen LogP contribution < -0.4 is 0 Å². The zero-order valence-electron chi connectivity index (χ0n) is 13.4. The van der Waals surface area contributed by atoms with Crippen molar-refractivity contribution < 1.29 is 14.3 Å². The number of carbonyl (C=O) groups is 2. The molecule has 4 nitrogen and oxygen atoms in total. The quantitative estimate of drug-likeness (QED) is 0.632. The minimum absolute atomic E-state index is 0.0610. The van der Waals surface area contributed by atoms with Crippen molar-refractivity contribution in [2.45, 2.75) is 36.8 Å². The van der Waals surface area contributed by atoms with Crippen molar-refractivity contribution in [3.05, 3.63) is 29.8 Å². The number of amides is 1. The van der Waals surface area contributed by atoms with Crippen LogP contribution in [0.3, 0.4) is 0 Å². The van der Waals surface area contributed by atoms with Crippen LogP contribution in [0.2, 0.25) is 0 Å². The van der Waals surface area contributed by atoms with Gasteiger partial charge in [0.1, 0.15) is 0 Å². The monoisotopic (exact) mass is 321 g/mol. The second-order valence-electron chi connectivity index (χ2n) is 5.70. The minimum Gasteiger partial charge on any atom is -0.469 e. The Kier molecular flexibility index (Phi) is 5.89. The summed E-state index contributed by atoms with van der Waals surface area (Å²) in [5.41, 5.74) is 1.22. The standard InChI is InChI=1S/C17H23NO3S/c1-12-4-6-15(7-5-12)22-13(2)16(19)18-10-8-14(9-11-18)17(20)21-3/h4-7,13-14H,8-11H2,1-3H3/t13-/m1/s1. The zero-order valence-corrected chi connectivity index (χ0v) is 14.2. The summed E-state index contributed by atoms with van der Waals surface area (Å²) >= 11 is 1.58. The van der Waals surface area contributed by atoms with E-state index in [1.807, 2.05) is 24.0 Å². The highest BCUT2D eigenvalue weighted by molar-refractivity contribution is 8.00. The lowest BCUT2D eigenvalue weighted by Gasteiger charge is -2.32. The molecule has 1 saturated heterocycles. The summed E-state index contributed by atoms with van der Waals surface area (Å²) < 4.78 is 4.77. The fourth-order valence-corrected chi connectivity index (χ4v) is 3.58. The van der Waals surface area contributed by atoms with Gasteiger partial charge in [-0.15, -0.1) is 11.8 Å². The number of esters is 1. The van der Waals surface area contributed by atoms with Gasteiger partial charge < -0.3 is 9.64 Å². The highest BCUT2D eigenvalue weighted by atomic mass is 32.2. The third-order valence-electron chi connectivity index (χ3n) is 4.02. The summed E-state index contributed by atoms with van der Waals surface area (Å²) in [6.07, 6.45) is 1.39. The van der Waals surface area contributed by atoms with E-state index in [2.05, 4.69) is 19.1 Å². The summed E-state index contributed by atoms with van der Waals surface area (Å²) in [4.78, 5) is 27.0. The summed E-state index contributed by atoms with van der Waals surface area (Å²) in [6, 6.07) is 8.21. The molecule has 0 bridgehead atoms. The number of piperidine rings is 1. The van der Waals surface area contributed by atoms with Crippen LogP contribution >= 0.6 is 11.8 Å². The van der Waals surface area contributed by atoms with Gasteiger partial charge in [0, 0.05) is 18.0 Å². The van der Waals surface area contributed by atoms with E-state index >= 15 is 0 Å². The van der Waals surface area contributed by atoms with E-state index in [-0.39, 0.29) is 23.0 Å². The molecule has 1 atom stereocenters. The predicted octanol–water partition coefficient (Wildman–Crippen LogP) is 2.89. The first-order valence-electron chi connectivity index (χ1n) is 7.61. The van der Waals surface area contributed by atoms with Crippen molar-refractivity contribution in [1.82, 2.24) is 4.90 Å². The van der Waals surface area contributed by atoms with Crippen molar-refractivity contribution in [2.75, 3.05) is 20.2 Å². The van der Waals surface area contributed by atoms with E-state index in [1.54, 1.807) is 11.8 Å². The number of methoxy groups -OCH3 is 1. The number of ether oxygens (including phenoxy) is 1. The van der Waals surface area contributed by atoms with Crippen LogP contribution in [0, 0.1) is 12.8 Å². The van der Waals surface area contributed by atoms with E-state index in [9.17, 15) is 9.59 Å². The van der Waals surface area contributed by atoms with Crippen LogP contribution in [0.15, 0.2) is 29.2 Å². The van der Waals surface area contributed by atoms with Gasteiger partial charge in [0.05, 0.1) is 18.3 Å². The van der Waals surface area contributed by atoms with Gasteiger partial charge in [-0.05, 0) is 38.8 Å². The summed E-state index contributed by atoms with van der Waals surface area (Å²) in [6.45, 7) is 5.27. The Hall–Kier alpha value is -1.49. The second kappa shape index (κ2) is 7.68. The summed E-state index contributed by atoms with van der Waals surface area (Å²) in [5.74, 6) is -0.0721. The maximum atomic E-state index is 12.5. The zero-order chi connectivity index (χ0) is 16.1. The predicted molar refractivity (Wildman–Crippen MR) is 87.8 cm³/mol. The van der Waals surface area contributed by atoms with Crippen molar-refractivity contribution in [2.24, 2.45) is 5.92 Å². The van der Waals surface area contributed by atoms with Crippen molar-refractivity contribution in [3.8, 4) is 0 Å². The smallest absolute Gasteiger partial charge is 0.308 e. The van der Waals surface area contributed by atoms with Crippen LogP contribution in [0.4, 0.5) is 0 Å². The van der Waals surface area contributed by atoms with Crippen LogP contribution in [-0.2, 0) is 14.3 Å². The number of hydrogen-bond acceptors (Lipinski definition) is 4. The molecule has 0 aromatic heterocycles. The molecule has 0 saturated carbocycles. The molecule has 1 aliphatic rings. The van der Waals surface area contributed by atoms with Crippen LogP contribution in [0.1, 0.15) is 25.3 Å². The molecule has 0 radical (unpaired) electrons. The molecule has 5 heteroatoms. The van der Waals surface area contributed by atoms with Gasteiger partial charge in [-0.3, -0.25) is 9.59 Å². The number of nitrogens with zero attached hydrogens (tertiary/aromatic N) is 1. The lowest BCUT2D eigenvalue weighted by Crippen LogP contribution is -2.43. The second-order valence-corrected chi connectivity index (χ2v) is 7.11. The molecule has 120 valence electrons. The molecule has 1 heterocycles. The Morgan fingerprint density at radius 2 is 1.82 bits per heavy atom. The van der Waals surface area contributed by atoms with Crippen molar-refractivity contribution in [1.29, 1.82) is 0 Å². The van der Waals surface area contributed by atoms with Gasteiger partial charge in [0.2, 0.25) is 5.91 Å². The molecule has 0 N–H and O–H groups in total. The van der Waals surface area contributed by atoms with Gasteiger partial charge in [-0.25, -0.2) is 0 Å². The van der Waals surface area contributed by atoms with Gasteiger partial charge in [0.15, 0.2) is 0 Å². The molecule has 1 amide bonds. The molecule has 22 heavy (non-hydrogen) atoms. The molecule has 0 unspecified atom stereocenters. The van der Waals surface area contributed by atoms with Crippen LogP contribution in [-0.4, -0.2) is 42.2 Å². The lowest BCUT2D eigenvalue weighted by atomic mass is 9.97. The topological polar surface area (TPSA) is 46.6 Å². The van der Waals surface area contributed by atoms with E-state index in [1.165, 1.54) is 12.7 Å². The third-order valence-corrected chi connectivity index (χ3v) is 5.12. The van der Waals surface area contributed by atoms with Gasteiger partial charge in [0.25, 0.3) is 0 Å². The first-order chi connectivity index (χ1) is 10.5. The third kappa shape index (κ3) is 4.26. The Morgan fingerprint density at radius 1 is 1.23 bits per heavy atom. The lowest BCUT2D eigenvalue weighted by molar-refractivity contribution is -0.148. The van der Waals surface area contributed by atoms with E-state index < -0.39 is 0 Å². The molecule has 1 fully saturated rings. The SMILES string of the molecule is COC(=O)C1CCN(C(=O)[C@@H](C)Sc2ccc(C)cc2)CC1. The normalized spacial score (nSPS) is 17.1. The van der Waals surface area contributed by atoms with Crippen LogP contribution in [0.5, 0.6) is 0 Å². The molecule has 1 aromatic carbocycles. The Morgan fingerprint density at radius 3 is 2.36 bits per heavy atom. The number of aryl methyl sites for hydroxylation is 1. The van der Waals surface area contributed by atoms with E-state index in [0.717, 1.165) is 4.90 Å². The number of likely N-dealkylation sites (tertiary alicyclic amines) is 1. The molecular weight excluding hydrogens is 298 g/mol. The van der Waals surface area contributed by atoms with Gasteiger partial charge >= 0.3 is 5.97 Å². The first kappa shape index (κ1) is 16.9. The average molecular weight is 321 g/mol. The average Bonchev–Trinajstić information content (AvgIpc) is 2.55. The van der Waals surface area contributed by atoms with Crippen molar-refractivity contribution in [3.63, 3.8) is 0 Å². The summed E-state index contributed by atoms with van der Waals surface area (Å²) in [5, 5.41) is -0.114. The molecule has 1 aromatic rings. The number of rotatable bonds is 4. The maximum Gasteiger partial charge on any atom is 0.308 e. The van der Waals surface area contributed by atoms with Gasteiger partial charge in [-0.1, -0.05) is 17.7 Å². The molecule has 0 spiro atoms. The molecule has 2 rings (SSSR count). The summed E-state index contributed by atoms with van der Waals surface area (Å²) in [7, 11) is 1.42. The first-order valence-corrected chi connectivity index (χ1v) is 8.49. The number of benzene rings is 1. The van der Waals surface area contributed by atoms with Crippen molar-refractivity contribution >= 4 is 23.6 Å². The van der Waals surface area contributed by atoms with E-state index in [4.69, 9.17) is 4.74 Å².